The van der Waals surface area contributed by atoms with Crippen LogP contribution in [0.4, 0.5) is 4.79 Å². The maximum absolute atomic E-state index is 13.5. The molecule has 13 heteroatoms. The number of carbonyl (C=O) groups is 2. The molecule has 2 aromatic carbocycles. The number of carbonyl (C=O) groups excluding carboxylic acids is 1. The second-order valence-corrected chi connectivity index (χ2v) is 11.6. The molecule has 0 heterocycles. The predicted octanol–water partition coefficient (Wildman–Crippen LogP) is 1.71. The van der Waals surface area contributed by atoms with E-state index in [9.17, 15) is 33.1 Å². The summed E-state index contributed by atoms with van der Waals surface area (Å²) in [4.78, 5) is 34.6. The molecule has 12 nitrogen and oxygen atoms in total. The zero-order valence-electron chi connectivity index (χ0n) is 22.1. The highest BCUT2D eigenvalue weighted by atomic mass is 32.2. The van der Waals surface area contributed by atoms with Crippen molar-refractivity contribution in [1.29, 1.82) is 0 Å². The molecule has 0 bridgehead atoms. The number of sulfonamides is 1. The van der Waals surface area contributed by atoms with Crippen molar-refractivity contribution in [3.05, 3.63) is 70.6 Å². The Labute approximate surface area is 228 Å². The van der Waals surface area contributed by atoms with Crippen LogP contribution in [0.25, 0.3) is 0 Å². The Morgan fingerprint density at radius 1 is 0.923 bits per heavy atom. The summed E-state index contributed by atoms with van der Waals surface area (Å²) in [5, 5.41) is 37.6. The van der Waals surface area contributed by atoms with E-state index in [2.05, 4.69) is 10.5 Å². The van der Waals surface area contributed by atoms with Gasteiger partial charge in [-0.25, -0.2) is 13.2 Å². The van der Waals surface area contributed by atoms with Gasteiger partial charge in [-0.2, -0.15) is 9.21 Å². The van der Waals surface area contributed by atoms with Crippen LogP contribution in [-0.4, -0.2) is 77.4 Å². The first-order valence-electron chi connectivity index (χ1n) is 12.4. The highest BCUT2D eigenvalue weighted by molar-refractivity contribution is 7.89. The molecule has 4 atom stereocenters. The summed E-state index contributed by atoms with van der Waals surface area (Å²) in [7, 11) is -4.08. The van der Waals surface area contributed by atoms with E-state index in [4.69, 9.17) is 5.11 Å². The number of nitrogens with one attached hydrogen (secondary N) is 2. The third-order valence-electron chi connectivity index (χ3n) is 5.90. The van der Waals surface area contributed by atoms with Gasteiger partial charge in [-0.05, 0) is 42.5 Å². The third-order valence-corrected chi connectivity index (χ3v) is 7.75. The fourth-order valence-corrected chi connectivity index (χ4v) is 5.59. The molecule has 0 saturated heterocycles. The molecule has 2 amide bonds. The van der Waals surface area contributed by atoms with Crippen molar-refractivity contribution in [1.82, 2.24) is 14.9 Å². The zero-order chi connectivity index (χ0) is 29.2. The van der Waals surface area contributed by atoms with Gasteiger partial charge in [0, 0.05) is 13.1 Å². The van der Waals surface area contributed by atoms with Crippen LogP contribution in [0, 0.1) is 10.8 Å². The van der Waals surface area contributed by atoms with E-state index in [1.165, 1.54) is 31.2 Å². The van der Waals surface area contributed by atoms with Gasteiger partial charge in [0.15, 0.2) is 0 Å². The molecule has 214 valence electrons. The quantitative estimate of drug-likeness (QED) is 0.202. The van der Waals surface area contributed by atoms with Crippen molar-refractivity contribution >= 4 is 22.0 Å². The van der Waals surface area contributed by atoms with Gasteiger partial charge in [-0.15, -0.1) is 0 Å². The highest BCUT2D eigenvalue weighted by Gasteiger charge is 2.33. The number of aliphatic hydroxyl groups is 2. The van der Waals surface area contributed by atoms with Crippen molar-refractivity contribution in [2.45, 2.75) is 62.9 Å². The molecular formula is C26H36N4O8S. The van der Waals surface area contributed by atoms with Gasteiger partial charge in [-0.3, -0.25) is 4.79 Å². The standard InChI is InChI=1S/C26H36N4O8S/c1-17(2)15-30(39(37,38)21-11-9-20(10-12-21)14-27-36)16-23(32)22(13-19-7-5-4-6-8-19)28-25(33)24(18(3)31)29-26(34)35/h4-12,17-18,22-24,29,31-32H,13-16H2,1-3H3,(H,28,33)(H,34,35)/t18-,22+,23-,24+/m1/s1. The molecule has 39 heavy (non-hydrogen) atoms. The van der Waals surface area contributed by atoms with E-state index in [0.29, 0.717) is 5.56 Å². The summed E-state index contributed by atoms with van der Waals surface area (Å²) in [6, 6.07) is 12.0. The van der Waals surface area contributed by atoms with Gasteiger partial charge in [-0.1, -0.05) is 61.5 Å². The maximum Gasteiger partial charge on any atom is 0.405 e. The molecule has 0 aromatic heterocycles. The van der Waals surface area contributed by atoms with Crippen molar-refractivity contribution in [3.63, 3.8) is 0 Å². The summed E-state index contributed by atoms with van der Waals surface area (Å²) in [6.45, 7) is 4.49. The number of nitroso groups, excluding NO2 is 1. The van der Waals surface area contributed by atoms with E-state index in [-0.39, 0.29) is 36.9 Å². The van der Waals surface area contributed by atoms with Crippen LogP contribution < -0.4 is 10.6 Å². The van der Waals surface area contributed by atoms with Gasteiger partial charge in [0.1, 0.15) is 12.6 Å². The van der Waals surface area contributed by atoms with Crippen LogP contribution in [0.2, 0.25) is 0 Å². The van der Waals surface area contributed by atoms with E-state index < -0.39 is 46.3 Å². The number of rotatable bonds is 15. The number of carboxylic acid groups (broad SMARTS) is 1. The van der Waals surface area contributed by atoms with E-state index in [1.807, 2.05) is 19.2 Å². The Morgan fingerprint density at radius 3 is 2.05 bits per heavy atom. The summed E-state index contributed by atoms with van der Waals surface area (Å²) in [5.41, 5.74) is 1.28. The Balaban J connectivity index is 2.37. The van der Waals surface area contributed by atoms with Crippen LogP contribution in [0.1, 0.15) is 31.9 Å². The van der Waals surface area contributed by atoms with Gasteiger partial charge >= 0.3 is 6.09 Å². The molecule has 0 spiro atoms. The molecule has 0 saturated carbocycles. The first kappa shape index (κ1) is 31.8. The summed E-state index contributed by atoms with van der Waals surface area (Å²) >= 11 is 0. The van der Waals surface area contributed by atoms with Gasteiger partial charge in [0.25, 0.3) is 0 Å². The molecule has 0 aliphatic rings. The lowest BCUT2D eigenvalue weighted by Gasteiger charge is -2.32. The van der Waals surface area contributed by atoms with Gasteiger partial charge in [0.05, 0.1) is 23.1 Å². The van der Waals surface area contributed by atoms with Crippen molar-refractivity contribution < 1.29 is 33.3 Å². The topological polar surface area (TPSA) is 186 Å². The minimum Gasteiger partial charge on any atom is -0.465 e. The minimum absolute atomic E-state index is 0.0338. The lowest BCUT2D eigenvalue weighted by Crippen LogP contribution is -2.58. The maximum atomic E-state index is 13.5. The van der Waals surface area contributed by atoms with E-state index >= 15 is 0 Å². The SMILES string of the molecule is CC(C)CN(C[C@@H](O)[C@H](Cc1ccccc1)NC(=O)[C@@H](NC(=O)O)[C@@H](C)O)S(=O)(=O)c1ccc(CN=O)cc1. The number of hydrogen-bond acceptors (Lipinski definition) is 8. The van der Waals surface area contributed by atoms with Crippen molar-refractivity contribution in [2.24, 2.45) is 11.1 Å². The van der Waals surface area contributed by atoms with E-state index in [1.54, 1.807) is 30.3 Å². The third kappa shape index (κ3) is 9.70. The number of hydrogen-bond donors (Lipinski definition) is 5. The fraction of sp³-hybridized carbons (Fsp3) is 0.462. The molecule has 0 radical (unpaired) electrons. The van der Waals surface area contributed by atoms with E-state index in [0.717, 1.165) is 9.87 Å². The highest BCUT2D eigenvalue weighted by Crippen LogP contribution is 2.20. The lowest BCUT2D eigenvalue weighted by molar-refractivity contribution is -0.127. The van der Waals surface area contributed by atoms with Crippen LogP contribution in [0.3, 0.4) is 0 Å². The Kier molecular flexibility index (Phi) is 12.0. The zero-order valence-corrected chi connectivity index (χ0v) is 22.9. The molecule has 2 rings (SSSR count). The van der Waals surface area contributed by atoms with Crippen molar-refractivity contribution in [2.75, 3.05) is 13.1 Å². The minimum atomic E-state index is -4.08. The molecule has 0 unspecified atom stereocenters. The fourth-order valence-electron chi connectivity index (χ4n) is 3.97. The smallest absolute Gasteiger partial charge is 0.405 e. The molecule has 5 N–H and O–H groups in total. The second-order valence-electron chi connectivity index (χ2n) is 9.69. The largest absolute Gasteiger partial charge is 0.465 e. The number of aliphatic hydroxyl groups excluding tert-OH is 2. The van der Waals surface area contributed by atoms with Gasteiger partial charge < -0.3 is 26.0 Å². The first-order chi connectivity index (χ1) is 18.3. The molecule has 0 aliphatic heterocycles. The number of benzene rings is 2. The summed E-state index contributed by atoms with van der Waals surface area (Å²) < 4.78 is 28.2. The second kappa shape index (κ2) is 14.7. The van der Waals surface area contributed by atoms with Crippen LogP contribution in [-0.2, 0) is 27.8 Å². The Morgan fingerprint density at radius 2 is 1.54 bits per heavy atom. The van der Waals surface area contributed by atoms with Crippen molar-refractivity contribution in [3.8, 4) is 0 Å². The monoisotopic (exact) mass is 564 g/mol. The number of amides is 2. The Bertz CT molecular complexity index is 1190. The summed E-state index contributed by atoms with van der Waals surface area (Å²) in [5.74, 6) is -0.975. The molecular weight excluding hydrogens is 528 g/mol. The van der Waals surface area contributed by atoms with Crippen LogP contribution >= 0.6 is 0 Å². The Hall–Kier alpha value is -3.39. The van der Waals surface area contributed by atoms with Crippen LogP contribution in [0.15, 0.2) is 64.7 Å². The predicted molar refractivity (Wildman–Crippen MR) is 144 cm³/mol. The average molecular weight is 565 g/mol. The average Bonchev–Trinajstić information content (AvgIpc) is 2.87. The lowest BCUT2D eigenvalue weighted by atomic mass is 10.00. The molecule has 0 fully saturated rings. The van der Waals surface area contributed by atoms with Gasteiger partial charge in [0.2, 0.25) is 15.9 Å². The first-order valence-corrected chi connectivity index (χ1v) is 13.9. The normalized spacial score (nSPS) is 14.8. The van der Waals surface area contributed by atoms with Crippen LogP contribution in [0.5, 0.6) is 0 Å². The molecule has 0 aliphatic carbocycles. The number of nitrogens with zero attached hydrogens (tertiary/aromatic N) is 2. The molecule has 2 aromatic rings. The summed E-state index contributed by atoms with van der Waals surface area (Å²) in [6.07, 6.45) is -4.18.